The first kappa shape index (κ1) is 8.25. The molecule has 0 spiro atoms. The van der Waals surface area contributed by atoms with E-state index in [0.29, 0.717) is 5.92 Å². The van der Waals surface area contributed by atoms with E-state index < -0.39 is 0 Å². The second kappa shape index (κ2) is 2.71. The van der Waals surface area contributed by atoms with Crippen LogP contribution >= 0.6 is 0 Å². The summed E-state index contributed by atoms with van der Waals surface area (Å²) in [5.74, 6) is 0.630. The SMILES string of the molecule is NC12CC=CCC1Cc1ccccc12. The highest BCUT2D eigenvalue weighted by Crippen LogP contribution is 2.45. The molecule has 2 aliphatic rings. The van der Waals surface area contributed by atoms with E-state index in [1.807, 2.05) is 0 Å². The molecule has 0 saturated heterocycles. The van der Waals surface area contributed by atoms with Crippen LogP contribution in [0.4, 0.5) is 0 Å². The molecule has 0 radical (unpaired) electrons. The van der Waals surface area contributed by atoms with Crippen LogP contribution in [0.1, 0.15) is 24.0 Å². The lowest BCUT2D eigenvalue weighted by Crippen LogP contribution is -2.42. The summed E-state index contributed by atoms with van der Waals surface area (Å²) in [7, 11) is 0. The molecule has 0 fully saturated rings. The minimum absolute atomic E-state index is 0.0641. The van der Waals surface area contributed by atoms with E-state index in [0.717, 1.165) is 19.3 Å². The van der Waals surface area contributed by atoms with Gasteiger partial charge in [-0.05, 0) is 36.3 Å². The highest BCUT2D eigenvalue weighted by Gasteiger charge is 2.43. The van der Waals surface area contributed by atoms with Crippen LogP contribution in [0.15, 0.2) is 36.4 Å². The number of fused-ring (bicyclic) bond motifs is 3. The predicted molar refractivity (Wildman–Crippen MR) is 57.9 cm³/mol. The van der Waals surface area contributed by atoms with Gasteiger partial charge < -0.3 is 5.73 Å². The molecule has 1 nitrogen and oxygen atoms in total. The lowest BCUT2D eigenvalue weighted by molar-refractivity contribution is 0.293. The van der Waals surface area contributed by atoms with Gasteiger partial charge in [-0.25, -0.2) is 0 Å². The second-order valence-electron chi connectivity index (χ2n) is 4.51. The molecule has 0 heterocycles. The van der Waals surface area contributed by atoms with Crippen molar-refractivity contribution in [3.05, 3.63) is 47.5 Å². The summed E-state index contributed by atoms with van der Waals surface area (Å²) in [4.78, 5) is 0. The van der Waals surface area contributed by atoms with Gasteiger partial charge in [-0.15, -0.1) is 0 Å². The van der Waals surface area contributed by atoms with Crippen LogP contribution in [0.5, 0.6) is 0 Å². The second-order valence-corrected chi connectivity index (χ2v) is 4.51. The van der Waals surface area contributed by atoms with Gasteiger partial charge in [0.1, 0.15) is 0 Å². The molecular weight excluding hydrogens is 170 g/mol. The summed E-state index contributed by atoms with van der Waals surface area (Å²) >= 11 is 0. The number of rotatable bonds is 0. The van der Waals surface area contributed by atoms with Gasteiger partial charge in [0.05, 0.1) is 0 Å². The zero-order valence-electron chi connectivity index (χ0n) is 8.24. The van der Waals surface area contributed by atoms with E-state index in [1.165, 1.54) is 11.1 Å². The zero-order valence-corrected chi connectivity index (χ0v) is 8.24. The normalized spacial score (nSPS) is 33.9. The lowest BCUT2D eigenvalue weighted by Gasteiger charge is -2.33. The number of benzene rings is 1. The van der Waals surface area contributed by atoms with Gasteiger partial charge in [-0.2, -0.15) is 0 Å². The fourth-order valence-corrected chi connectivity index (χ4v) is 2.93. The van der Waals surface area contributed by atoms with E-state index in [9.17, 15) is 0 Å². The van der Waals surface area contributed by atoms with Crippen molar-refractivity contribution in [1.29, 1.82) is 0 Å². The Balaban J connectivity index is 2.14. The van der Waals surface area contributed by atoms with Gasteiger partial charge in [0.2, 0.25) is 0 Å². The van der Waals surface area contributed by atoms with Crippen LogP contribution < -0.4 is 5.73 Å². The van der Waals surface area contributed by atoms with Crippen molar-refractivity contribution in [2.24, 2.45) is 11.7 Å². The van der Waals surface area contributed by atoms with E-state index >= 15 is 0 Å². The number of hydrogen-bond donors (Lipinski definition) is 1. The highest BCUT2D eigenvalue weighted by molar-refractivity contribution is 5.41. The Morgan fingerprint density at radius 1 is 1.21 bits per heavy atom. The van der Waals surface area contributed by atoms with Crippen molar-refractivity contribution in [3.8, 4) is 0 Å². The molecule has 0 amide bonds. The third-order valence-corrected chi connectivity index (χ3v) is 3.76. The van der Waals surface area contributed by atoms with E-state index in [2.05, 4.69) is 36.4 Å². The topological polar surface area (TPSA) is 26.0 Å². The fraction of sp³-hybridized carbons (Fsp3) is 0.385. The molecule has 0 bridgehead atoms. The van der Waals surface area contributed by atoms with Gasteiger partial charge in [-0.1, -0.05) is 36.4 Å². The Bertz CT molecular complexity index is 394. The Labute approximate surface area is 84.6 Å². The molecule has 0 aliphatic heterocycles. The quantitative estimate of drug-likeness (QED) is 0.617. The fourth-order valence-electron chi connectivity index (χ4n) is 2.93. The molecule has 0 aromatic heterocycles. The Hall–Kier alpha value is -1.08. The molecule has 2 N–H and O–H groups in total. The Morgan fingerprint density at radius 3 is 3.00 bits per heavy atom. The summed E-state index contributed by atoms with van der Waals surface area (Å²) in [5, 5.41) is 0. The van der Waals surface area contributed by atoms with Crippen LogP contribution in [0.2, 0.25) is 0 Å². The van der Waals surface area contributed by atoms with Gasteiger partial charge >= 0.3 is 0 Å². The van der Waals surface area contributed by atoms with E-state index in [4.69, 9.17) is 5.73 Å². The molecule has 1 aromatic rings. The summed E-state index contributed by atoms with van der Waals surface area (Å²) < 4.78 is 0. The molecule has 1 heteroatoms. The van der Waals surface area contributed by atoms with Crippen molar-refractivity contribution < 1.29 is 0 Å². The minimum Gasteiger partial charge on any atom is -0.321 e. The summed E-state index contributed by atoms with van der Waals surface area (Å²) in [5.41, 5.74) is 9.31. The molecule has 2 unspecified atom stereocenters. The number of nitrogens with two attached hydrogens (primary N) is 1. The van der Waals surface area contributed by atoms with Crippen LogP contribution in [0, 0.1) is 5.92 Å². The first-order chi connectivity index (χ1) is 6.81. The van der Waals surface area contributed by atoms with Crippen molar-refractivity contribution >= 4 is 0 Å². The smallest absolute Gasteiger partial charge is 0.0481 e. The molecule has 2 aliphatic carbocycles. The summed E-state index contributed by atoms with van der Waals surface area (Å²) in [6, 6.07) is 8.65. The van der Waals surface area contributed by atoms with Crippen LogP contribution in [0.25, 0.3) is 0 Å². The average molecular weight is 185 g/mol. The highest BCUT2D eigenvalue weighted by atomic mass is 14.8. The molecule has 72 valence electrons. The van der Waals surface area contributed by atoms with Crippen LogP contribution in [-0.2, 0) is 12.0 Å². The monoisotopic (exact) mass is 185 g/mol. The van der Waals surface area contributed by atoms with E-state index in [1.54, 1.807) is 0 Å². The van der Waals surface area contributed by atoms with Gasteiger partial charge in [0.15, 0.2) is 0 Å². The molecule has 0 saturated carbocycles. The number of allylic oxidation sites excluding steroid dienone is 1. The van der Waals surface area contributed by atoms with Crippen LogP contribution in [-0.4, -0.2) is 0 Å². The summed E-state index contributed by atoms with van der Waals surface area (Å²) in [6.45, 7) is 0. The zero-order chi connectivity index (χ0) is 9.60. The largest absolute Gasteiger partial charge is 0.321 e. The average Bonchev–Trinajstić information content (AvgIpc) is 2.51. The Kier molecular flexibility index (Phi) is 1.59. The molecular formula is C13H15N. The van der Waals surface area contributed by atoms with Crippen LogP contribution in [0.3, 0.4) is 0 Å². The molecule has 2 atom stereocenters. The van der Waals surface area contributed by atoms with Crippen molar-refractivity contribution in [1.82, 2.24) is 0 Å². The maximum atomic E-state index is 6.52. The maximum Gasteiger partial charge on any atom is 0.0481 e. The third-order valence-electron chi connectivity index (χ3n) is 3.76. The lowest BCUT2D eigenvalue weighted by atomic mass is 9.77. The molecule has 3 rings (SSSR count). The first-order valence-electron chi connectivity index (χ1n) is 5.33. The predicted octanol–water partition coefficient (Wildman–Crippen LogP) is 2.36. The standard InChI is InChI=1S/C13H15N/c14-13-8-4-3-6-11(13)9-10-5-1-2-7-12(10)13/h1-5,7,11H,6,8-9,14H2. The van der Waals surface area contributed by atoms with Gasteiger partial charge in [0.25, 0.3) is 0 Å². The first-order valence-corrected chi connectivity index (χ1v) is 5.33. The summed E-state index contributed by atoms with van der Waals surface area (Å²) in [6.07, 6.45) is 7.83. The van der Waals surface area contributed by atoms with Crippen molar-refractivity contribution in [3.63, 3.8) is 0 Å². The van der Waals surface area contributed by atoms with Gasteiger partial charge in [0, 0.05) is 5.54 Å². The van der Waals surface area contributed by atoms with Crippen molar-refractivity contribution in [2.75, 3.05) is 0 Å². The molecule has 1 aromatic carbocycles. The van der Waals surface area contributed by atoms with Crippen molar-refractivity contribution in [2.45, 2.75) is 24.8 Å². The number of hydrogen-bond acceptors (Lipinski definition) is 1. The Morgan fingerprint density at radius 2 is 2.07 bits per heavy atom. The molecule has 14 heavy (non-hydrogen) atoms. The van der Waals surface area contributed by atoms with Gasteiger partial charge in [-0.3, -0.25) is 0 Å². The third kappa shape index (κ3) is 0.934. The maximum absolute atomic E-state index is 6.52. The minimum atomic E-state index is -0.0641. The van der Waals surface area contributed by atoms with E-state index in [-0.39, 0.29) is 5.54 Å².